The SMILES string of the molecule is CCCCCOc1ccccc1C(=O)NC(=S)Nc1ccccc1C(=O)NC(C)C. The molecule has 6 nitrogen and oxygen atoms in total. The fourth-order valence-corrected chi connectivity index (χ4v) is 2.97. The van der Waals surface area contributed by atoms with Gasteiger partial charge in [-0.1, -0.05) is 44.0 Å². The highest BCUT2D eigenvalue weighted by molar-refractivity contribution is 7.80. The van der Waals surface area contributed by atoms with Crippen molar-refractivity contribution in [3.05, 3.63) is 59.7 Å². The molecule has 0 heterocycles. The van der Waals surface area contributed by atoms with Gasteiger partial charge in [-0.3, -0.25) is 14.9 Å². The van der Waals surface area contributed by atoms with Gasteiger partial charge in [0.1, 0.15) is 5.75 Å². The van der Waals surface area contributed by atoms with Crippen LogP contribution in [0.5, 0.6) is 5.75 Å². The molecule has 2 rings (SSSR count). The van der Waals surface area contributed by atoms with Crippen molar-refractivity contribution in [1.82, 2.24) is 10.6 Å². The molecule has 3 N–H and O–H groups in total. The second-order valence-electron chi connectivity index (χ2n) is 7.13. The van der Waals surface area contributed by atoms with Gasteiger partial charge in [0, 0.05) is 6.04 Å². The molecule has 0 aliphatic heterocycles. The first-order valence-electron chi connectivity index (χ1n) is 10.2. The van der Waals surface area contributed by atoms with Crippen LogP contribution in [0.1, 0.15) is 60.7 Å². The van der Waals surface area contributed by atoms with Crippen molar-refractivity contribution in [2.45, 2.75) is 46.1 Å². The fourth-order valence-electron chi connectivity index (χ4n) is 2.77. The first-order chi connectivity index (χ1) is 14.4. The van der Waals surface area contributed by atoms with E-state index in [9.17, 15) is 9.59 Å². The summed E-state index contributed by atoms with van der Waals surface area (Å²) in [5.41, 5.74) is 1.37. The van der Waals surface area contributed by atoms with Crippen LogP contribution in [0.25, 0.3) is 0 Å². The molecule has 7 heteroatoms. The third kappa shape index (κ3) is 7.15. The molecule has 0 aromatic heterocycles. The number of carbonyl (C=O) groups excluding carboxylic acids is 2. The van der Waals surface area contributed by atoms with Gasteiger partial charge in [0.2, 0.25) is 0 Å². The Morgan fingerprint density at radius 2 is 1.63 bits per heavy atom. The summed E-state index contributed by atoms with van der Waals surface area (Å²) in [5, 5.41) is 8.56. The molecule has 0 unspecified atom stereocenters. The topological polar surface area (TPSA) is 79.5 Å². The van der Waals surface area contributed by atoms with Crippen LogP contribution in [0.15, 0.2) is 48.5 Å². The minimum atomic E-state index is -0.372. The summed E-state index contributed by atoms with van der Waals surface area (Å²) in [6.45, 7) is 6.46. The third-order valence-corrected chi connectivity index (χ3v) is 4.41. The molecule has 2 aromatic rings. The van der Waals surface area contributed by atoms with Crippen molar-refractivity contribution >= 4 is 34.8 Å². The molecule has 30 heavy (non-hydrogen) atoms. The van der Waals surface area contributed by atoms with Crippen LogP contribution in [0, 0.1) is 0 Å². The molecule has 0 atom stereocenters. The summed E-state index contributed by atoms with van der Waals surface area (Å²) < 4.78 is 5.77. The number of thiocarbonyl (C=S) groups is 1. The highest BCUT2D eigenvalue weighted by atomic mass is 32.1. The molecule has 0 saturated heterocycles. The van der Waals surface area contributed by atoms with Crippen LogP contribution in [-0.2, 0) is 0 Å². The monoisotopic (exact) mass is 427 g/mol. The molecule has 0 bridgehead atoms. The maximum atomic E-state index is 12.7. The van der Waals surface area contributed by atoms with E-state index in [-0.39, 0.29) is 23.0 Å². The number of unbranched alkanes of at least 4 members (excludes halogenated alkanes) is 2. The quantitative estimate of drug-likeness (QED) is 0.405. The van der Waals surface area contributed by atoms with Gasteiger partial charge in [0.15, 0.2) is 5.11 Å². The highest BCUT2D eigenvalue weighted by Gasteiger charge is 2.16. The number of nitrogens with one attached hydrogen (secondary N) is 3. The summed E-state index contributed by atoms with van der Waals surface area (Å²) in [5.74, 6) is -0.0682. The average molecular weight is 428 g/mol. The van der Waals surface area contributed by atoms with E-state index in [1.807, 2.05) is 19.9 Å². The molecule has 160 valence electrons. The van der Waals surface area contributed by atoms with Gasteiger partial charge in [0.05, 0.1) is 23.4 Å². The molecular weight excluding hydrogens is 398 g/mol. The van der Waals surface area contributed by atoms with Crippen molar-refractivity contribution in [3.8, 4) is 5.75 Å². The van der Waals surface area contributed by atoms with E-state index >= 15 is 0 Å². The lowest BCUT2D eigenvalue weighted by atomic mass is 10.1. The summed E-state index contributed by atoms with van der Waals surface area (Å²) in [7, 11) is 0. The molecule has 0 saturated carbocycles. The van der Waals surface area contributed by atoms with E-state index < -0.39 is 0 Å². The zero-order valence-corrected chi connectivity index (χ0v) is 18.5. The number of ether oxygens (including phenoxy) is 1. The predicted molar refractivity (Wildman–Crippen MR) is 124 cm³/mol. The summed E-state index contributed by atoms with van der Waals surface area (Å²) in [6, 6.07) is 14.1. The number of benzene rings is 2. The zero-order chi connectivity index (χ0) is 21.9. The van der Waals surface area contributed by atoms with Gasteiger partial charge in [-0.2, -0.15) is 0 Å². The third-order valence-electron chi connectivity index (χ3n) is 4.20. The standard InChI is InChI=1S/C23H29N3O3S/c1-4-5-10-15-29-20-14-9-7-12-18(20)22(28)26-23(30)25-19-13-8-6-11-17(19)21(27)24-16(2)3/h6-9,11-14,16H,4-5,10,15H2,1-3H3,(H,24,27)(H2,25,26,28,30). The number of hydrogen-bond donors (Lipinski definition) is 3. The molecule has 2 amide bonds. The lowest BCUT2D eigenvalue weighted by Gasteiger charge is -2.15. The second-order valence-corrected chi connectivity index (χ2v) is 7.54. The molecule has 2 aromatic carbocycles. The first-order valence-corrected chi connectivity index (χ1v) is 10.6. The van der Waals surface area contributed by atoms with Crippen LogP contribution in [-0.4, -0.2) is 29.6 Å². The van der Waals surface area contributed by atoms with E-state index in [2.05, 4.69) is 22.9 Å². The second kappa shape index (κ2) is 11.9. The molecular formula is C23H29N3O3S. The van der Waals surface area contributed by atoms with Crippen LogP contribution in [0.3, 0.4) is 0 Å². The molecule has 0 aliphatic rings. The number of hydrogen-bond acceptors (Lipinski definition) is 4. The maximum Gasteiger partial charge on any atom is 0.261 e. The lowest BCUT2D eigenvalue weighted by Crippen LogP contribution is -2.35. The number of anilines is 1. The smallest absolute Gasteiger partial charge is 0.261 e. The Bertz CT molecular complexity index is 884. The largest absolute Gasteiger partial charge is 0.493 e. The van der Waals surface area contributed by atoms with Gasteiger partial charge in [-0.05, 0) is 56.8 Å². The molecule has 0 fully saturated rings. The van der Waals surface area contributed by atoms with E-state index in [0.717, 1.165) is 19.3 Å². The van der Waals surface area contributed by atoms with Crippen molar-refractivity contribution < 1.29 is 14.3 Å². The predicted octanol–water partition coefficient (Wildman–Crippen LogP) is 4.52. The van der Waals surface area contributed by atoms with Gasteiger partial charge in [-0.15, -0.1) is 0 Å². The number of rotatable bonds is 9. The van der Waals surface area contributed by atoms with Gasteiger partial charge >= 0.3 is 0 Å². The minimum Gasteiger partial charge on any atom is -0.493 e. The molecule has 0 spiro atoms. The number of amides is 2. The van der Waals surface area contributed by atoms with Gasteiger partial charge in [-0.25, -0.2) is 0 Å². The van der Waals surface area contributed by atoms with Crippen LogP contribution < -0.4 is 20.7 Å². The Morgan fingerprint density at radius 3 is 2.33 bits per heavy atom. The normalized spacial score (nSPS) is 10.4. The van der Waals surface area contributed by atoms with Crippen LogP contribution >= 0.6 is 12.2 Å². The Labute approximate surface area is 183 Å². The molecule has 0 radical (unpaired) electrons. The summed E-state index contributed by atoms with van der Waals surface area (Å²) in [6.07, 6.45) is 3.11. The van der Waals surface area contributed by atoms with Crippen molar-refractivity contribution in [1.29, 1.82) is 0 Å². The lowest BCUT2D eigenvalue weighted by molar-refractivity contribution is 0.0942. The van der Waals surface area contributed by atoms with E-state index in [4.69, 9.17) is 17.0 Å². The number of para-hydroxylation sites is 2. The Kier molecular flexibility index (Phi) is 9.28. The Hall–Kier alpha value is -2.93. The van der Waals surface area contributed by atoms with Crippen molar-refractivity contribution in [2.75, 3.05) is 11.9 Å². The zero-order valence-electron chi connectivity index (χ0n) is 17.7. The highest BCUT2D eigenvalue weighted by Crippen LogP contribution is 2.19. The van der Waals surface area contributed by atoms with Crippen LogP contribution in [0.4, 0.5) is 5.69 Å². The molecule has 0 aliphatic carbocycles. The maximum absolute atomic E-state index is 12.7. The number of carbonyl (C=O) groups is 2. The summed E-state index contributed by atoms with van der Waals surface area (Å²) >= 11 is 5.30. The van der Waals surface area contributed by atoms with Crippen molar-refractivity contribution in [3.63, 3.8) is 0 Å². The van der Waals surface area contributed by atoms with E-state index in [1.165, 1.54) is 0 Å². The first kappa shape index (κ1) is 23.3. The Morgan fingerprint density at radius 1 is 0.967 bits per heavy atom. The minimum absolute atomic E-state index is 0.00559. The van der Waals surface area contributed by atoms with E-state index in [0.29, 0.717) is 29.2 Å². The van der Waals surface area contributed by atoms with Crippen molar-refractivity contribution in [2.24, 2.45) is 0 Å². The average Bonchev–Trinajstić information content (AvgIpc) is 2.71. The summed E-state index contributed by atoms with van der Waals surface area (Å²) in [4.78, 5) is 25.1. The van der Waals surface area contributed by atoms with Gasteiger partial charge < -0.3 is 15.4 Å². The van der Waals surface area contributed by atoms with Gasteiger partial charge in [0.25, 0.3) is 11.8 Å². The Balaban J connectivity index is 2.04. The van der Waals surface area contributed by atoms with Crippen LogP contribution in [0.2, 0.25) is 0 Å². The fraction of sp³-hybridized carbons (Fsp3) is 0.348. The van der Waals surface area contributed by atoms with E-state index in [1.54, 1.807) is 42.5 Å².